The van der Waals surface area contributed by atoms with Gasteiger partial charge in [-0.1, -0.05) is 12.1 Å². The number of hydrogen-bond donors (Lipinski definition) is 0. The van der Waals surface area contributed by atoms with Crippen molar-refractivity contribution in [3.63, 3.8) is 0 Å². The number of hydrogen-bond acceptors (Lipinski definition) is 1. The molecule has 1 aromatic carbocycles. The fraction of sp³-hybridized carbons (Fsp3) is 0.364. The zero-order valence-electron chi connectivity index (χ0n) is 7.71. The maximum atomic E-state index is 5.53. The summed E-state index contributed by atoms with van der Waals surface area (Å²) in [5, 5.41) is 0. The van der Waals surface area contributed by atoms with Crippen LogP contribution >= 0.6 is 0 Å². The van der Waals surface area contributed by atoms with Gasteiger partial charge in [0.1, 0.15) is 5.75 Å². The molecule has 1 rings (SSSR count). The van der Waals surface area contributed by atoms with E-state index in [1.807, 2.05) is 32.0 Å². The highest BCUT2D eigenvalue weighted by Crippen LogP contribution is 2.14. The molecule has 0 aromatic heterocycles. The third-order valence-corrected chi connectivity index (χ3v) is 1.56. The molecule has 1 aromatic rings. The Morgan fingerprint density at radius 1 is 1.42 bits per heavy atom. The zero-order chi connectivity index (χ0) is 8.97. The molecule has 1 nitrogen and oxygen atoms in total. The molecule has 0 bridgehead atoms. The topological polar surface area (TPSA) is 9.23 Å². The summed E-state index contributed by atoms with van der Waals surface area (Å²) in [6.07, 6.45) is 1.06. The summed E-state index contributed by atoms with van der Waals surface area (Å²) in [4.78, 5) is 0. The molecule has 0 spiro atoms. The molecule has 0 heterocycles. The van der Waals surface area contributed by atoms with Crippen molar-refractivity contribution in [1.29, 1.82) is 0 Å². The van der Waals surface area contributed by atoms with Crippen molar-refractivity contribution in [3.05, 3.63) is 36.8 Å². The fourth-order valence-corrected chi connectivity index (χ4v) is 1.05. The van der Waals surface area contributed by atoms with Crippen LogP contribution < -0.4 is 4.74 Å². The van der Waals surface area contributed by atoms with E-state index >= 15 is 0 Å². The van der Waals surface area contributed by atoms with E-state index in [-0.39, 0.29) is 6.10 Å². The van der Waals surface area contributed by atoms with Crippen LogP contribution in [0.1, 0.15) is 19.4 Å². The van der Waals surface area contributed by atoms with Gasteiger partial charge in [0.15, 0.2) is 0 Å². The molecule has 0 saturated heterocycles. The van der Waals surface area contributed by atoms with Crippen LogP contribution in [0.4, 0.5) is 0 Å². The molecule has 0 unspecified atom stereocenters. The van der Waals surface area contributed by atoms with Gasteiger partial charge in [0.25, 0.3) is 0 Å². The summed E-state index contributed by atoms with van der Waals surface area (Å²) in [6, 6.07) is 8.06. The smallest absolute Gasteiger partial charge is 0.119 e. The predicted octanol–water partition coefficient (Wildman–Crippen LogP) is 2.85. The van der Waals surface area contributed by atoms with E-state index in [0.29, 0.717) is 0 Å². The summed E-state index contributed by atoms with van der Waals surface area (Å²) in [5.74, 6) is 0.936. The maximum absolute atomic E-state index is 5.53. The van der Waals surface area contributed by atoms with Gasteiger partial charge in [-0.25, -0.2) is 0 Å². The minimum absolute atomic E-state index is 0.241. The van der Waals surface area contributed by atoms with Crippen molar-refractivity contribution >= 4 is 0 Å². The summed E-state index contributed by atoms with van der Waals surface area (Å²) >= 11 is 0. The maximum Gasteiger partial charge on any atom is 0.119 e. The molecule has 1 radical (unpaired) electrons. The van der Waals surface area contributed by atoms with Gasteiger partial charge in [-0.3, -0.25) is 0 Å². The molecule has 12 heavy (non-hydrogen) atoms. The minimum atomic E-state index is 0.241. The molecule has 0 aliphatic heterocycles. The van der Waals surface area contributed by atoms with Gasteiger partial charge < -0.3 is 4.74 Å². The first-order valence-electron chi connectivity index (χ1n) is 4.27. The Kier molecular flexibility index (Phi) is 3.15. The molecule has 0 atom stereocenters. The molecule has 0 saturated carbocycles. The summed E-state index contributed by atoms with van der Waals surface area (Å²) in [7, 11) is 0. The standard InChI is InChI=1S/C11H15O/c1-4-10-6-5-7-11(8-10)12-9(2)3/h5-9H,1,4H2,2-3H3. The van der Waals surface area contributed by atoms with Crippen LogP contribution in [0.3, 0.4) is 0 Å². The van der Waals surface area contributed by atoms with Gasteiger partial charge >= 0.3 is 0 Å². The molecule has 65 valence electrons. The average Bonchev–Trinajstić information content (AvgIpc) is 2.03. The van der Waals surface area contributed by atoms with Crippen LogP contribution in [0.5, 0.6) is 5.75 Å². The van der Waals surface area contributed by atoms with Gasteiger partial charge in [-0.05, 0) is 44.9 Å². The second-order valence-corrected chi connectivity index (χ2v) is 3.06. The van der Waals surface area contributed by atoms with Crippen LogP contribution in [0, 0.1) is 6.92 Å². The minimum Gasteiger partial charge on any atom is -0.491 e. The van der Waals surface area contributed by atoms with Crippen molar-refractivity contribution in [2.24, 2.45) is 0 Å². The molecular formula is C11H15O. The Bertz CT molecular complexity index is 241. The monoisotopic (exact) mass is 163 g/mol. The highest BCUT2D eigenvalue weighted by Gasteiger charge is 1.97. The van der Waals surface area contributed by atoms with Crippen LogP contribution in [0.15, 0.2) is 24.3 Å². The normalized spacial score (nSPS) is 10.3. The second kappa shape index (κ2) is 4.15. The predicted molar refractivity (Wildman–Crippen MR) is 51.3 cm³/mol. The van der Waals surface area contributed by atoms with Gasteiger partial charge in [0.05, 0.1) is 6.10 Å². The molecule has 0 amide bonds. The van der Waals surface area contributed by atoms with Crippen LogP contribution in [0.25, 0.3) is 0 Å². The number of benzene rings is 1. The van der Waals surface area contributed by atoms with Crippen molar-refractivity contribution in [2.75, 3.05) is 0 Å². The van der Waals surface area contributed by atoms with E-state index in [0.717, 1.165) is 12.2 Å². The van der Waals surface area contributed by atoms with E-state index < -0.39 is 0 Å². The lowest BCUT2D eigenvalue weighted by molar-refractivity contribution is 0.242. The first-order valence-corrected chi connectivity index (χ1v) is 4.27. The number of ether oxygens (including phenoxy) is 1. The van der Waals surface area contributed by atoms with Gasteiger partial charge in [-0.2, -0.15) is 0 Å². The van der Waals surface area contributed by atoms with Crippen LogP contribution in [-0.2, 0) is 6.42 Å². The van der Waals surface area contributed by atoms with Crippen LogP contribution in [-0.4, -0.2) is 6.10 Å². The molecule has 1 heteroatoms. The SMILES string of the molecule is [CH2]Cc1cccc(OC(C)C)c1. The fourth-order valence-electron chi connectivity index (χ4n) is 1.05. The molecule has 0 aliphatic rings. The van der Waals surface area contributed by atoms with E-state index in [1.165, 1.54) is 5.56 Å². The third-order valence-electron chi connectivity index (χ3n) is 1.56. The van der Waals surface area contributed by atoms with Gasteiger partial charge in [0.2, 0.25) is 0 Å². The van der Waals surface area contributed by atoms with E-state index in [4.69, 9.17) is 4.74 Å². The van der Waals surface area contributed by atoms with Gasteiger partial charge in [0, 0.05) is 0 Å². The number of rotatable bonds is 3. The Morgan fingerprint density at radius 2 is 2.17 bits per heavy atom. The molecular weight excluding hydrogens is 148 g/mol. The first-order chi connectivity index (χ1) is 5.72. The summed E-state index contributed by atoms with van der Waals surface area (Å²) < 4.78 is 5.53. The third kappa shape index (κ3) is 2.57. The van der Waals surface area contributed by atoms with E-state index in [1.54, 1.807) is 0 Å². The Labute approximate surface area is 74.4 Å². The van der Waals surface area contributed by atoms with E-state index in [9.17, 15) is 0 Å². The average molecular weight is 163 g/mol. The molecule has 0 N–H and O–H groups in total. The highest BCUT2D eigenvalue weighted by molar-refractivity contribution is 5.28. The van der Waals surface area contributed by atoms with Gasteiger partial charge in [-0.15, -0.1) is 0 Å². The zero-order valence-corrected chi connectivity index (χ0v) is 7.71. The lowest BCUT2D eigenvalue weighted by atomic mass is 10.2. The Morgan fingerprint density at radius 3 is 2.75 bits per heavy atom. The quantitative estimate of drug-likeness (QED) is 0.665. The largest absolute Gasteiger partial charge is 0.491 e. The van der Waals surface area contributed by atoms with Crippen molar-refractivity contribution in [1.82, 2.24) is 0 Å². The lowest BCUT2D eigenvalue weighted by Gasteiger charge is -2.09. The lowest BCUT2D eigenvalue weighted by Crippen LogP contribution is -2.05. The summed E-state index contributed by atoms with van der Waals surface area (Å²) in [6.45, 7) is 7.87. The Hall–Kier alpha value is -0.980. The highest BCUT2D eigenvalue weighted by atomic mass is 16.5. The first kappa shape index (κ1) is 9.11. The van der Waals surface area contributed by atoms with Crippen LogP contribution in [0.2, 0.25) is 0 Å². The van der Waals surface area contributed by atoms with E-state index in [2.05, 4.69) is 13.0 Å². The summed E-state index contributed by atoms with van der Waals surface area (Å²) in [5.41, 5.74) is 1.22. The second-order valence-electron chi connectivity index (χ2n) is 3.06. The Balaban J connectivity index is 2.72. The molecule has 0 aliphatic carbocycles. The van der Waals surface area contributed by atoms with Crippen molar-refractivity contribution < 1.29 is 4.74 Å². The van der Waals surface area contributed by atoms with Crippen molar-refractivity contribution in [3.8, 4) is 5.75 Å². The molecule has 0 fully saturated rings. The van der Waals surface area contributed by atoms with Crippen molar-refractivity contribution in [2.45, 2.75) is 26.4 Å².